The summed E-state index contributed by atoms with van der Waals surface area (Å²) in [6, 6.07) is 24.8. The monoisotopic (exact) mass is 557 g/mol. The van der Waals surface area contributed by atoms with Crippen molar-refractivity contribution in [1.29, 1.82) is 0 Å². The molecule has 0 aliphatic heterocycles. The molecule has 0 fully saturated rings. The van der Waals surface area contributed by atoms with E-state index in [2.05, 4.69) is 10.6 Å². The molecule has 2 atom stereocenters. The van der Waals surface area contributed by atoms with Gasteiger partial charge in [-0.15, -0.1) is 0 Å². The van der Waals surface area contributed by atoms with Crippen LogP contribution in [0.5, 0.6) is 0 Å². The fraction of sp³-hybridized carbons (Fsp3) is 0.382. The lowest BCUT2D eigenvalue weighted by molar-refractivity contribution is -0.148. The molecule has 2 N–H and O–H groups in total. The lowest BCUT2D eigenvalue weighted by Gasteiger charge is -2.43. The summed E-state index contributed by atoms with van der Waals surface area (Å²) in [6.07, 6.45) is -0.459. The van der Waals surface area contributed by atoms with Crippen LogP contribution >= 0.6 is 0 Å². The molecule has 41 heavy (non-hydrogen) atoms. The molecular weight excluding hydrogens is 514 g/mol. The fourth-order valence-corrected chi connectivity index (χ4v) is 4.65. The average molecular weight is 558 g/mol. The van der Waals surface area contributed by atoms with Crippen molar-refractivity contribution in [2.24, 2.45) is 0 Å². The van der Waals surface area contributed by atoms with E-state index >= 15 is 0 Å². The summed E-state index contributed by atoms with van der Waals surface area (Å²) in [4.78, 5) is 43.1. The molecule has 2 unspecified atom stereocenters. The zero-order chi connectivity index (χ0) is 30.2. The lowest BCUT2D eigenvalue weighted by Crippen LogP contribution is -2.59. The highest BCUT2D eigenvalue weighted by atomic mass is 16.6. The summed E-state index contributed by atoms with van der Waals surface area (Å²) in [6.45, 7) is 13.3. The molecule has 0 saturated carbocycles. The molecule has 3 aromatic rings. The maximum atomic E-state index is 14.5. The van der Waals surface area contributed by atoms with Gasteiger partial charge in [0.2, 0.25) is 11.8 Å². The Labute approximate surface area is 244 Å². The van der Waals surface area contributed by atoms with Gasteiger partial charge in [-0.2, -0.15) is 0 Å². The van der Waals surface area contributed by atoms with E-state index < -0.39 is 29.3 Å². The van der Waals surface area contributed by atoms with Crippen molar-refractivity contribution in [3.8, 4) is 0 Å². The fourth-order valence-electron chi connectivity index (χ4n) is 4.65. The first-order valence-electron chi connectivity index (χ1n) is 14.0. The molecule has 7 nitrogen and oxygen atoms in total. The van der Waals surface area contributed by atoms with Crippen LogP contribution in [0.3, 0.4) is 0 Å². The van der Waals surface area contributed by atoms with Gasteiger partial charge in [-0.1, -0.05) is 90.5 Å². The molecule has 3 aromatic carbocycles. The predicted octanol–water partition coefficient (Wildman–Crippen LogP) is 6.12. The summed E-state index contributed by atoms with van der Waals surface area (Å²) in [5.74, 6) is -0.688. The largest absolute Gasteiger partial charge is 0.444 e. The molecule has 0 saturated heterocycles. The van der Waals surface area contributed by atoms with Crippen LogP contribution < -0.4 is 10.6 Å². The van der Waals surface area contributed by atoms with Crippen molar-refractivity contribution >= 4 is 17.9 Å². The minimum Gasteiger partial charge on any atom is -0.444 e. The van der Waals surface area contributed by atoms with E-state index in [9.17, 15) is 14.4 Å². The Kier molecular flexibility index (Phi) is 10.3. The number of alkyl carbamates (subject to hydrolysis) is 1. The number of hydrogen-bond acceptors (Lipinski definition) is 4. The van der Waals surface area contributed by atoms with Crippen molar-refractivity contribution in [2.75, 3.05) is 0 Å². The average Bonchev–Trinajstić information content (AvgIpc) is 2.89. The van der Waals surface area contributed by atoms with Gasteiger partial charge in [0.05, 0.1) is 0 Å². The highest BCUT2D eigenvalue weighted by molar-refractivity contribution is 5.92. The minimum atomic E-state index is -0.972. The first kappa shape index (κ1) is 31.4. The topological polar surface area (TPSA) is 87.7 Å². The molecule has 0 heterocycles. The maximum absolute atomic E-state index is 14.5. The number of ether oxygens (including phenoxy) is 1. The van der Waals surface area contributed by atoms with Crippen LogP contribution in [0.15, 0.2) is 84.9 Å². The Bertz CT molecular complexity index is 1310. The van der Waals surface area contributed by atoms with E-state index in [1.165, 1.54) is 0 Å². The molecule has 0 aromatic heterocycles. The molecule has 3 amide bonds. The molecule has 218 valence electrons. The second kappa shape index (κ2) is 13.5. The van der Waals surface area contributed by atoms with Gasteiger partial charge >= 0.3 is 6.09 Å². The molecule has 0 aliphatic rings. The van der Waals surface area contributed by atoms with Crippen LogP contribution in [0.1, 0.15) is 69.8 Å². The van der Waals surface area contributed by atoms with E-state index in [0.717, 1.165) is 16.7 Å². The van der Waals surface area contributed by atoms with Gasteiger partial charge < -0.3 is 20.3 Å². The molecule has 0 aliphatic carbocycles. The number of amides is 3. The number of nitrogens with zero attached hydrogens (tertiary/aromatic N) is 1. The minimum absolute atomic E-state index is 0.234. The Morgan fingerprint density at radius 2 is 1.39 bits per heavy atom. The van der Waals surface area contributed by atoms with Crippen LogP contribution in [0, 0.1) is 6.92 Å². The summed E-state index contributed by atoms with van der Waals surface area (Å²) >= 11 is 0. The van der Waals surface area contributed by atoms with Crippen molar-refractivity contribution in [3.05, 3.63) is 107 Å². The predicted molar refractivity (Wildman–Crippen MR) is 162 cm³/mol. The SMILES string of the molecule is Cc1cccc(C(C(=O)NCc2ccccc2)N(C(=O)C(Cc2ccccc2)NC(=O)OC(C)(C)C)C(C)(C)C)c1. The highest BCUT2D eigenvalue weighted by Crippen LogP contribution is 2.31. The molecular formula is C34H43N3O4. The quantitative estimate of drug-likeness (QED) is 0.332. The smallest absolute Gasteiger partial charge is 0.408 e. The lowest BCUT2D eigenvalue weighted by atomic mass is 9.93. The third-order valence-corrected chi connectivity index (χ3v) is 6.41. The van der Waals surface area contributed by atoms with Crippen molar-refractivity contribution < 1.29 is 19.1 Å². The standard InChI is InChI=1S/C34H43N3O4/c1-24-15-14-20-27(21-24)29(30(38)35-23-26-18-12-9-13-19-26)37(33(2,3)4)31(39)28(22-25-16-10-8-11-17-25)36-32(40)41-34(5,6)7/h8-21,28-29H,22-23H2,1-7H3,(H,35,38)(H,36,40). The normalized spacial score (nSPS) is 13.0. The van der Waals surface area contributed by atoms with Crippen molar-refractivity contribution in [2.45, 2.75) is 84.7 Å². The van der Waals surface area contributed by atoms with Gasteiger partial charge in [0.25, 0.3) is 0 Å². The van der Waals surface area contributed by atoms with Gasteiger partial charge in [0.15, 0.2) is 0 Å². The summed E-state index contributed by atoms with van der Waals surface area (Å²) in [5.41, 5.74) is 1.96. The number of aryl methyl sites for hydroxylation is 1. The number of carbonyl (C=O) groups is 3. The molecule has 0 bridgehead atoms. The number of benzene rings is 3. The summed E-state index contributed by atoms with van der Waals surface area (Å²) in [7, 11) is 0. The van der Waals surface area contributed by atoms with Crippen molar-refractivity contribution in [1.82, 2.24) is 15.5 Å². The Balaban J connectivity index is 2.04. The number of nitrogens with one attached hydrogen (secondary N) is 2. The van der Waals surface area contributed by atoms with Crippen LogP contribution in [-0.4, -0.2) is 40.0 Å². The van der Waals surface area contributed by atoms with Crippen LogP contribution in [0.4, 0.5) is 4.79 Å². The molecule has 0 spiro atoms. The number of hydrogen-bond donors (Lipinski definition) is 2. The molecule has 7 heteroatoms. The van der Waals surface area contributed by atoms with Gasteiger partial charge in [-0.3, -0.25) is 9.59 Å². The summed E-state index contributed by atoms with van der Waals surface area (Å²) < 4.78 is 5.52. The van der Waals surface area contributed by atoms with Crippen LogP contribution in [-0.2, 0) is 27.3 Å². The molecule has 0 radical (unpaired) electrons. The first-order chi connectivity index (χ1) is 19.2. The Morgan fingerprint density at radius 3 is 1.93 bits per heavy atom. The third kappa shape index (κ3) is 9.48. The van der Waals surface area contributed by atoms with E-state index in [0.29, 0.717) is 12.1 Å². The van der Waals surface area contributed by atoms with Crippen molar-refractivity contribution in [3.63, 3.8) is 0 Å². The van der Waals surface area contributed by atoms with E-state index in [1.54, 1.807) is 25.7 Å². The van der Waals surface area contributed by atoms with Crippen LogP contribution in [0.25, 0.3) is 0 Å². The first-order valence-corrected chi connectivity index (χ1v) is 14.0. The van der Waals surface area contributed by atoms with Gasteiger partial charge in [0, 0.05) is 18.5 Å². The van der Waals surface area contributed by atoms with E-state index in [-0.39, 0.29) is 18.2 Å². The molecule has 3 rings (SSSR count). The van der Waals surface area contributed by atoms with Gasteiger partial charge in [-0.05, 0) is 65.2 Å². The second-order valence-electron chi connectivity index (χ2n) is 12.3. The third-order valence-electron chi connectivity index (χ3n) is 6.41. The van der Waals surface area contributed by atoms with E-state index in [1.807, 2.05) is 113 Å². The van der Waals surface area contributed by atoms with E-state index in [4.69, 9.17) is 4.74 Å². The zero-order valence-corrected chi connectivity index (χ0v) is 25.2. The second-order valence-corrected chi connectivity index (χ2v) is 12.3. The number of carbonyl (C=O) groups excluding carboxylic acids is 3. The van der Waals surface area contributed by atoms with Gasteiger partial charge in [0.1, 0.15) is 17.7 Å². The highest BCUT2D eigenvalue weighted by Gasteiger charge is 2.42. The zero-order valence-electron chi connectivity index (χ0n) is 25.2. The van der Waals surface area contributed by atoms with Crippen LogP contribution in [0.2, 0.25) is 0 Å². The van der Waals surface area contributed by atoms with Gasteiger partial charge in [-0.25, -0.2) is 4.79 Å². The maximum Gasteiger partial charge on any atom is 0.408 e. The Hall–Kier alpha value is -4.13. The Morgan fingerprint density at radius 1 is 0.805 bits per heavy atom. The summed E-state index contributed by atoms with van der Waals surface area (Å²) in [5, 5.41) is 5.84. The number of rotatable bonds is 9.